The van der Waals surface area contributed by atoms with Crippen LogP contribution >= 0.6 is 0 Å². The third-order valence-corrected chi connectivity index (χ3v) is 7.66. The van der Waals surface area contributed by atoms with Crippen LogP contribution in [0.4, 0.5) is 4.39 Å². The summed E-state index contributed by atoms with van der Waals surface area (Å²) >= 11 is 0. The molecule has 188 valence electrons. The number of aryl methyl sites for hydroxylation is 3. The monoisotopic (exact) mass is 498 g/mol. The Morgan fingerprint density at radius 2 is 1.84 bits per heavy atom. The number of aromatic nitrogens is 4. The fourth-order valence-corrected chi connectivity index (χ4v) is 5.81. The molecule has 1 fully saturated rings. The molecule has 1 N–H and O–H groups in total. The first kappa shape index (κ1) is 23.3. The maximum absolute atomic E-state index is 15.2. The van der Waals surface area contributed by atoms with Gasteiger partial charge in [-0.3, -0.25) is 4.79 Å². The summed E-state index contributed by atoms with van der Waals surface area (Å²) in [6.45, 7) is 4.12. The number of hydrogen-bond donors (Lipinski definition) is 1. The molecule has 3 unspecified atom stereocenters. The number of nitrogens with zero attached hydrogens (tertiary/aromatic N) is 4. The molecular formula is C29H27FN4O3. The number of fused-ring (bicyclic) bond motifs is 1. The molecule has 8 heteroatoms. The van der Waals surface area contributed by atoms with E-state index in [1.807, 2.05) is 37.4 Å². The Labute approximate surface area is 213 Å². The van der Waals surface area contributed by atoms with Crippen molar-refractivity contribution >= 4 is 5.97 Å². The number of carboxylic acids is 1. The van der Waals surface area contributed by atoms with E-state index in [-0.39, 0.29) is 23.8 Å². The topological polar surface area (TPSA) is 90.1 Å². The van der Waals surface area contributed by atoms with Gasteiger partial charge in [-0.1, -0.05) is 18.2 Å². The lowest BCUT2D eigenvalue weighted by atomic mass is 9.89. The average Bonchev–Trinajstić information content (AvgIpc) is 3.39. The van der Waals surface area contributed by atoms with E-state index in [9.17, 15) is 9.90 Å². The van der Waals surface area contributed by atoms with Crippen LogP contribution in [-0.4, -0.2) is 31.3 Å². The molecule has 6 rings (SSSR count). The molecule has 0 spiro atoms. The molecule has 4 aromatic rings. The highest BCUT2D eigenvalue weighted by Gasteiger charge is 2.44. The predicted octanol–water partition coefficient (Wildman–Crippen LogP) is 5.55. The normalized spacial score (nSPS) is 20.1. The van der Waals surface area contributed by atoms with Crippen molar-refractivity contribution in [2.45, 2.75) is 45.1 Å². The van der Waals surface area contributed by atoms with Crippen molar-refractivity contribution in [3.63, 3.8) is 0 Å². The third-order valence-electron chi connectivity index (χ3n) is 7.66. The smallest absolute Gasteiger partial charge is 0.307 e. The van der Waals surface area contributed by atoms with E-state index >= 15 is 4.39 Å². The van der Waals surface area contributed by atoms with Gasteiger partial charge in [-0.2, -0.15) is 0 Å². The second-order valence-corrected chi connectivity index (χ2v) is 10.1. The van der Waals surface area contributed by atoms with E-state index in [2.05, 4.69) is 41.5 Å². The number of halogens is 1. The molecule has 37 heavy (non-hydrogen) atoms. The van der Waals surface area contributed by atoms with Crippen molar-refractivity contribution in [2.75, 3.05) is 0 Å². The first-order valence-corrected chi connectivity index (χ1v) is 12.5. The second kappa shape index (κ2) is 8.80. The molecule has 1 saturated carbocycles. The average molecular weight is 499 g/mol. The Bertz CT molecular complexity index is 1510. The maximum Gasteiger partial charge on any atom is 0.307 e. The molecule has 0 bridgehead atoms. The number of benzene rings is 3. The van der Waals surface area contributed by atoms with Gasteiger partial charge in [0, 0.05) is 18.2 Å². The lowest BCUT2D eigenvalue weighted by molar-refractivity contribution is -0.138. The number of rotatable bonds is 6. The number of aliphatic carboxylic acids is 1. The third kappa shape index (κ3) is 4.06. The second-order valence-electron chi connectivity index (χ2n) is 10.1. The minimum atomic E-state index is -0.745. The lowest BCUT2D eigenvalue weighted by Crippen LogP contribution is -2.06. The van der Waals surface area contributed by atoms with Crippen LogP contribution in [0.25, 0.3) is 22.5 Å². The molecule has 1 aromatic heterocycles. The van der Waals surface area contributed by atoms with E-state index in [4.69, 9.17) is 4.74 Å². The van der Waals surface area contributed by atoms with Crippen LogP contribution in [0.1, 0.15) is 52.7 Å². The summed E-state index contributed by atoms with van der Waals surface area (Å²) in [6.07, 6.45) is 1.71. The van der Waals surface area contributed by atoms with Crippen LogP contribution in [0.15, 0.2) is 48.5 Å². The first-order chi connectivity index (χ1) is 17.8. The van der Waals surface area contributed by atoms with E-state index in [0.29, 0.717) is 30.0 Å². The number of tetrazole rings is 1. The lowest BCUT2D eigenvalue weighted by Gasteiger charge is -2.19. The van der Waals surface area contributed by atoms with E-state index < -0.39 is 5.97 Å². The standard InChI is InChI=1S/C29H27FN4O3/c1-15-12-18(28-31-32-33-34(28)3)13-16(2)26(15)20-8-10-24(30)27-21(20)9-11-25(27)37-19-6-4-17(5-7-19)22-14-23(22)29(35)36/h4-8,10,12-13,22-23,25H,9,11,14H2,1-3H3,(H,35,36). The minimum Gasteiger partial charge on any atom is -0.486 e. The van der Waals surface area contributed by atoms with E-state index in [0.717, 1.165) is 45.4 Å². The molecule has 0 radical (unpaired) electrons. The molecule has 0 saturated heterocycles. The zero-order valence-corrected chi connectivity index (χ0v) is 20.9. The zero-order chi connectivity index (χ0) is 25.8. The van der Waals surface area contributed by atoms with Crippen LogP contribution in [0, 0.1) is 25.6 Å². The van der Waals surface area contributed by atoms with Gasteiger partial charge in [-0.05, 0) is 113 Å². The summed E-state index contributed by atoms with van der Waals surface area (Å²) in [4.78, 5) is 11.2. The van der Waals surface area contributed by atoms with Crippen molar-refractivity contribution in [1.82, 2.24) is 20.2 Å². The van der Waals surface area contributed by atoms with Crippen LogP contribution in [0.2, 0.25) is 0 Å². The molecule has 3 atom stereocenters. The summed E-state index contributed by atoms with van der Waals surface area (Å²) in [5, 5.41) is 21.0. The Hall–Kier alpha value is -4.07. The summed E-state index contributed by atoms with van der Waals surface area (Å²) in [7, 11) is 1.81. The fourth-order valence-electron chi connectivity index (χ4n) is 5.81. The Morgan fingerprint density at radius 1 is 1.11 bits per heavy atom. The van der Waals surface area contributed by atoms with Crippen molar-refractivity contribution in [3.8, 4) is 28.3 Å². The van der Waals surface area contributed by atoms with E-state index in [1.54, 1.807) is 4.68 Å². The largest absolute Gasteiger partial charge is 0.486 e. The van der Waals surface area contributed by atoms with E-state index in [1.165, 1.54) is 6.07 Å². The van der Waals surface area contributed by atoms with Gasteiger partial charge >= 0.3 is 5.97 Å². The summed E-state index contributed by atoms with van der Waals surface area (Å²) in [5.41, 5.74) is 7.83. The summed E-state index contributed by atoms with van der Waals surface area (Å²) in [6, 6.07) is 15.1. The zero-order valence-electron chi connectivity index (χ0n) is 20.9. The van der Waals surface area contributed by atoms with Crippen LogP contribution < -0.4 is 4.74 Å². The molecule has 1 heterocycles. The minimum absolute atomic E-state index is 0.0709. The van der Waals surface area contributed by atoms with Crippen LogP contribution in [-0.2, 0) is 18.3 Å². The Kier molecular flexibility index (Phi) is 5.55. The molecule has 3 aromatic carbocycles. The van der Waals surface area contributed by atoms with Crippen molar-refractivity contribution in [2.24, 2.45) is 13.0 Å². The number of carboxylic acid groups (broad SMARTS) is 1. The van der Waals surface area contributed by atoms with Gasteiger partial charge in [-0.25, -0.2) is 9.07 Å². The number of carbonyl (C=O) groups is 1. The first-order valence-electron chi connectivity index (χ1n) is 12.5. The fraction of sp³-hybridized carbons (Fsp3) is 0.310. The molecule has 2 aliphatic rings. The molecule has 0 amide bonds. The van der Waals surface area contributed by atoms with Gasteiger partial charge in [0.2, 0.25) is 0 Å². The van der Waals surface area contributed by atoms with Gasteiger partial charge in [0.25, 0.3) is 0 Å². The van der Waals surface area contributed by atoms with Gasteiger partial charge in [-0.15, -0.1) is 5.10 Å². The highest BCUT2D eigenvalue weighted by atomic mass is 19.1. The summed E-state index contributed by atoms with van der Waals surface area (Å²) < 4.78 is 23.1. The van der Waals surface area contributed by atoms with Crippen LogP contribution in [0.5, 0.6) is 5.75 Å². The van der Waals surface area contributed by atoms with Crippen molar-refractivity contribution in [3.05, 3.63) is 82.2 Å². The van der Waals surface area contributed by atoms with Crippen molar-refractivity contribution < 1.29 is 19.0 Å². The highest BCUT2D eigenvalue weighted by Crippen LogP contribution is 2.48. The molecule has 2 aliphatic carbocycles. The van der Waals surface area contributed by atoms with Gasteiger partial charge in [0.15, 0.2) is 5.82 Å². The van der Waals surface area contributed by atoms with Crippen molar-refractivity contribution in [1.29, 1.82) is 0 Å². The van der Waals surface area contributed by atoms with Crippen LogP contribution in [0.3, 0.4) is 0 Å². The predicted molar refractivity (Wildman–Crippen MR) is 136 cm³/mol. The summed E-state index contributed by atoms with van der Waals surface area (Å²) in [5.74, 6) is 0.137. The van der Waals surface area contributed by atoms with Gasteiger partial charge in [0.1, 0.15) is 17.7 Å². The number of hydrogen-bond acceptors (Lipinski definition) is 5. The Balaban J connectivity index is 1.29. The van der Waals surface area contributed by atoms with Gasteiger partial charge in [0.05, 0.1) is 5.92 Å². The molecule has 7 nitrogen and oxygen atoms in total. The highest BCUT2D eigenvalue weighted by molar-refractivity contribution is 5.78. The SMILES string of the molecule is Cc1cc(-c2nnnn2C)cc(C)c1-c1ccc(F)c2c1CCC2Oc1ccc(C2CC2C(=O)O)cc1. The molecular weight excluding hydrogens is 471 g/mol. The number of ether oxygens (including phenoxy) is 1. The molecule has 0 aliphatic heterocycles. The quantitative estimate of drug-likeness (QED) is 0.375. The van der Waals surface area contributed by atoms with Gasteiger partial charge < -0.3 is 9.84 Å². The Morgan fingerprint density at radius 3 is 2.46 bits per heavy atom. The maximum atomic E-state index is 15.2.